The van der Waals surface area contributed by atoms with Gasteiger partial charge < -0.3 is 9.64 Å². The quantitative estimate of drug-likeness (QED) is 0.324. The minimum absolute atomic E-state index is 0.00325. The van der Waals surface area contributed by atoms with Gasteiger partial charge in [-0.1, -0.05) is 24.3 Å². The summed E-state index contributed by atoms with van der Waals surface area (Å²) in [5, 5.41) is 12.4. The van der Waals surface area contributed by atoms with Gasteiger partial charge in [-0.15, -0.1) is 0 Å². The summed E-state index contributed by atoms with van der Waals surface area (Å²) in [7, 11) is 0. The zero-order chi connectivity index (χ0) is 23.4. The minimum Gasteiger partial charge on any atom is -0.462 e. The molecule has 1 aliphatic heterocycles. The van der Waals surface area contributed by atoms with Crippen LogP contribution in [0.15, 0.2) is 54.7 Å². The summed E-state index contributed by atoms with van der Waals surface area (Å²) in [5.41, 5.74) is 1.90. The smallest absolute Gasteiger partial charge is 0.338 e. The van der Waals surface area contributed by atoms with Crippen LogP contribution < -0.4 is 0 Å². The number of aromatic nitrogens is 1. The second-order valence-electron chi connectivity index (χ2n) is 7.81. The van der Waals surface area contributed by atoms with E-state index in [1.807, 2.05) is 24.3 Å². The van der Waals surface area contributed by atoms with Gasteiger partial charge in [0.05, 0.1) is 22.6 Å². The van der Waals surface area contributed by atoms with Crippen LogP contribution in [-0.4, -0.2) is 64.4 Å². The number of esters is 1. The van der Waals surface area contributed by atoms with Crippen LogP contribution in [0.4, 0.5) is 5.69 Å². The SMILES string of the molecule is CCOC(=O)c1cc(C(=O)N2CCN(Cc3cccc4cccnc34)CC2)cc([N+](=O)[O-])c1. The van der Waals surface area contributed by atoms with Crippen molar-refractivity contribution in [2.45, 2.75) is 13.5 Å². The van der Waals surface area contributed by atoms with E-state index in [1.54, 1.807) is 18.0 Å². The molecule has 1 aliphatic rings. The standard InChI is InChI=1S/C24H24N4O5/c1-2-33-24(30)20-13-19(14-21(15-20)28(31)32)23(29)27-11-9-26(10-12-27)16-18-6-3-5-17-7-4-8-25-22(17)18/h3-8,13-15H,2,9-12,16H2,1H3. The molecule has 0 radical (unpaired) electrons. The Kier molecular flexibility index (Phi) is 6.60. The lowest BCUT2D eigenvalue weighted by Gasteiger charge is -2.35. The van der Waals surface area contributed by atoms with E-state index in [4.69, 9.17) is 4.74 Å². The number of nitro groups is 1. The van der Waals surface area contributed by atoms with Crippen LogP contribution in [0.1, 0.15) is 33.2 Å². The molecule has 2 aromatic carbocycles. The molecule has 0 unspecified atom stereocenters. The molecule has 0 spiro atoms. The summed E-state index contributed by atoms with van der Waals surface area (Å²) in [6.07, 6.45) is 1.78. The van der Waals surface area contributed by atoms with Crippen LogP contribution in [0.2, 0.25) is 0 Å². The van der Waals surface area contributed by atoms with Crippen molar-refractivity contribution in [3.63, 3.8) is 0 Å². The van der Waals surface area contributed by atoms with Crippen molar-refractivity contribution in [3.8, 4) is 0 Å². The average Bonchev–Trinajstić information content (AvgIpc) is 2.84. The Morgan fingerprint density at radius 1 is 1.06 bits per heavy atom. The number of nitro benzene ring substituents is 1. The van der Waals surface area contributed by atoms with Crippen molar-refractivity contribution in [1.29, 1.82) is 0 Å². The number of carbonyl (C=O) groups is 2. The summed E-state index contributed by atoms with van der Waals surface area (Å²) < 4.78 is 4.95. The molecule has 1 fully saturated rings. The van der Waals surface area contributed by atoms with E-state index < -0.39 is 10.9 Å². The summed E-state index contributed by atoms with van der Waals surface area (Å²) >= 11 is 0. The molecule has 0 N–H and O–H groups in total. The number of amides is 1. The largest absolute Gasteiger partial charge is 0.462 e. The number of para-hydroxylation sites is 1. The predicted octanol–water partition coefficient (Wildman–Crippen LogP) is 3.28. The number of pyridine rings is 1. The van der Waals surface area contributed by atoms with Crippen molar-refractivity contribution < 1.29 is 19.2 Å². The Morgan fingerprint density at radius 2 is 1.79 bits per heavy atom. The van der Waals surface area contributed by atoms with E-state index in [1.165, 1.54) is 12.1 Å². The third kappa shape index (κ3) is 4.98. The molecule has 1 saturated heterocycles. The molecule has 1 aromatic heterocycles. The van der Waals surface area contributed by atoms with Crippen LogP contribution >= 0.6 is 0 Å². The molecule has 0 aliphatic carbocycles. The first-order chi connectivity index (χ1) is 16.0. The highest BCUT2D eigenvalue weighted by Crippen LogP contribution is 2.22. The maximum absolute atomic E-state index is 13.1. The second-order valence-corrected chi connectivity index (χ2v) is 7.81. The highest BCUT2D eigenvalue weighted by molar-refractivity contribution is 5.99. The number of hydrogen-bond acceptors (Lipinski definition) is 7. The van der Waals surface area contributed by atoms with Crippen molar-refractivity contribution in [2.75, 3.05) is 32.8 Å². The molecule has 4 rings (SSSR count). The van der Waals surface area contributed by atoms with Gasteiger partial charge in [0.25, 0.3) is 11.6 Å². The Labute approximate surface area is 190 Å². The number of nitrogens with zero attached hydrogens (tertiary/aromatic N) is 4. The van der Waals surface area contributed by atoms with Gasteiger partial charge in [0.15, 0.2) is 0 Å². The molecule has 2 heterocycles. The van der Waals surface area contributed by atoms with E-state index in [-0.39, 0.29) is 29.3 Å². The summed E-state index contributed by atoms with van der Waals surface area (Å²) in [5.74, 6) is -1.03. The third-order valence-electron chi connectivity index (χ3n) is 5.66. The van der Waals surface area contributed by atoms with E-state index in [0.717, 1.165) is 29.1 Å². The lowest BCUT2D eigenvalue weighted by Crippen LogP contribution is -2.48. The average molecular weight is 448 g/mol. The lowest BCUT2D eigenvalue weighted by molar-refractivity contribution is -0.384. The first-order valence-corrected chi connectivity index (χ1v) is 10.8. The van der Waals surface area contributed by atoms with Crippen molar-refractivity contribution >= 4 is 28.5 Å². The highest BCUT2D eigenvalue weighted by atomic mass is 16.6. The fourth-order valence-electron chi connectivity index (χ4n) is 4.00. The molecule has 170 valence electrons. The van der Waals surface area contributed by atoms with E-state index in [9.17, 15) is 19.7 Å². The van der Waals surface area contributed by atoms with Crippen molar-refractivity contribution in [1.82, 2.24) is 14.8 Å². The molecule has 0 saturated carbocycles. The number of piperazine rings is 1. The van der Waals surface area contributed by atoms with Gasteiger partial charge in [-0.25, -0.2) is 4.79 Å². The molecule has 33 heavy (non-hydrogen) atoms. The van der Waals surface area contributed by atoms with Crippen LogP contribution in [0, 0.1) is 10.1 Å². The number of carbonyl (C=O) groups excluding carboxylic acids is 2. The van der Waals surface area contributed by atoms with Gasteiger partial charge >= 0.3 is 5.97 Å². The predicted molar refractivity (Wildman–Crippen MR) is 122 cm³/mol. The van der Waals surface area contributed by atoms with Gasteiger partial charge in [-0.05, 0) is 24.6 Å². The topological polar surface area (TPSA) is 106 Å². The maximum Gasteiger partial charge on any atom is 0.338 e. The fraction of sp³-hybridized carbons (Fsp3) is 0.292. The van der Waals surface area contributed by atoms with Crippen molar-refractivity contribution in [3.05, 3.63) is 81.5 Å². The Hall–Kier alpha value is -3.85. The lowest BCUT2D eigenvalue weighted by atomic mass is 10.1. The molecule has 9 nitrogen and oxygen atoms in total. The zero-order valence-corrected chi connectivity index (χ0v) is 18.3. The first-order valence-electron chi connectivity index (χ1n) is 10.8. The van der Waals surface area contributed by atoms with Gasteiger partial charge in [0.1, 0.15) is 0 Å². The van der Waals surface area contributed by atoms with E-state index >= 15 is 0 Å². The Bertz CT molecular complexity index is 1200. The highest BCUT2D eigenvalue weighted by Gasteiger charge is 2.25. The Balaban J connectivity index is 1.46. The number of hydrogen-bond donors (Lipinski definition) is 0. The number of ether oxygens (including phenoxy) is 1. The maximum atomic E-state index is 13.1. The first kappa shape index (κ1) is 22.3. The second kappa shape index (κ2) is 9.74. The molecule has 1 amide bonds. The van der Waals surface area contributed by atoms with Gasteiger partial charge in [0.2, 0.25) is 0 Å². The normalized spacial score (nSPS) is 14.3. The monoisotopic (exact) mass is 448 g/mol. The van der Waals surface area contributed by atoms with E-state index in [2.05, 4.69) is 16.0 Å². The van der Waals surface area contributed by atoms with Crippen LogP contribution in [0.5, 0.6) is 0 Å². The molecule has 9 heteroatoms. The molecule has 0 bridgehead atoms. The molecule has 3 aromatic rings. The molecule has 0 atom stereocenters. The fourth-order valence-corrected chi connectivity index (χ4v) is 4.00. The minimum atomic E-state index is -0.691. The molecular formula is C24H24N4O5. The zero-order valence-electron chi connectivity index (χ0n) is 18.3. The van der Waals surface area contributed by atoms with Crippen LogP contribution in [-0.2, 0) is 11.3 Å². The Morgan fingerprint density at radius 3 is 2.52 bits per heavy atom. The van der Waals surface area contributed by atoms with Crippen LogP contribution in [0.25, 0.3) is 10.9 Å². The number of fused-ring (bicyclic) bond motifs is 1. The third-order valence-corrected chi connectivity index (χ3v) is 5.66. The van der Waals surface area contributed by atoms with Crippen LogP contribution in [0.3, 0.4) is 0 Å². The molecular weight excluding hydrogens is 424 g/mol. The van der Waals surface area contributed by atoms with Gasteiger partial charge in [0, 0.05) is 62.0 Å². The summed E-state index contributed by atoms with van der Waals surface area (Å²) in [6, 6.07) is 13.8. The van der Waals surface area contributed by atoms with Crippen molar-refractivity contribution in [2.24, 2.45) is 0 Å². The summed E-state index contributed by atoms with van der Waals surface area (Å²) in [6.45, 7) is 4.79. The van der Waals surface area contributed by atoms with Gasteiger partial charge in [-0.2, -0.15) is 0 Å². The van der Waals surface area contributed by atoms with Gasteiger partial charge in [-0.3, -0.25) is 24.8 Å². The number of rotatable bonds is 6. The van der Waals surface area contributed by atoms with E-state index in [0.29, 0.717) is 26.2 Å². The summed E-state index contributed by atoms with van der Waals surface area (Å²) in [4.78, 5) is 44.3. The number of non-ortho nitro benzene ring substituents is 1. The number of benzene rings is 2.